The molecule has 0 bridgehead atoms. The van der Waals surface area contributed by atoms with Crippen LogP contribution in [0.1, 0.15) is 40.0 Å². The standard InChI is InChI=1S/C13H27N3O.HI/c1-4-7-15-13(14)16-9-11-6-5-8-17-12(11)10(2)3;/h10-12H,4-9H2,1-3H3,(H3,14,15,16);1H. The SMILES string of the molecule is CCCNC(N)=NCC1CCCOC1C(C)C.I. The Morgan fingerprint density at radius 1 is 1.50 bits per heavy atom. The van der Waals surface area contributed by atoms with Gasteiger partial charge in [-0.1, -0.05) is 20.8 Å². The van der Waals surface area contributed by atoms with Gasteiger partial charge in [-0.3, -0.25) is 4.99 Å². The van der Waals surface area contributed by atoms with Gasteiger partial charge in [-0.2, -0.15) is 0 Å². The van der Waals surface area contributed by atoms with Gasteiger partial charge in [0.25, 0.3) is 0 Å². The number of nitrogens with zero attached hydrogens (tertiary/aromatic N) is 1. The third-order valence-corrected chi connectivity index (χ3v) is 3.20. The molecule has 5 heteroatoms. The van der Waals surface area contributed by atoms with Crippen LogP contribution in [0.2, 0.25) is 0 Å². The van der Waals surface area contributed by atoms with E-state index in [1.165, 1.54) is 6.42 Å². The van der Waals surface area contributed by atoms with Crippen LogP contribution in [0.25, 0.3) is 0 Å². The lowest BCUT2D eigenvalue weighted by Gasteiger charge is -2.33. The minimum Gasteiger partial charge on any atom is -0.378 e. The quantitative estimate of drug-likeness (QED) is 0.444. The van der Waals surface area contributed by atoms with Gasteiger partial charge in [0.05, 0.1) is 6.10 Å². The van der Waals surface area contributed by atoms with Crippen LogP contribution in [-0.4, -0.2) is 31.8 Å². The minimum absolute atomic E-state index is 0. The Morgan fingerprint density at radius 2 is 2.22 bits per heavy atom. The first-order chi connectivity index (χ1) is 8.15. The summed E-state index contributed by atoms with van der Waals surface area (Å²) in [5.74, 6) is 1.64. The average molecular weight is 369 g/mol. The van der Waals surface area contributed by atoms with E-state index in [0.717, 1.165) is 32.5 Å². The maximum absolute atomic E-state index is 5.83. The molecule has 1 aliphatic heterocycles. The van der Waals surface area contributed by atoms with Crippen LogP contribution in [0.5, 0.6) is 0 Å². The van der Waals surface area contributed by atoms with Gasteiger partial charge in [-0.05, 0) is 25.2 Å². The van der Waals surface area contributed by atoms with Crippen LogP contribution in [-0.2, 0) is 4.74 Å². The molecule has 0 saturated carbocycles. The zero-order chi connectivity index (χ0) is 12.7. The lowest BCUT2D eigenvalue weighted by Crippen LogP contribution is -2.37. The normalized spacial score (nSPS) is 24.8. The molecule has 0 amide bonds. The van der Waals surface area contributed by atoms with Crippen molar-refractivity contribution in [3.8, 4) is 0 Å². The van der Waals surface area contributed by atoms with Gasteiger partial charge >= 0.3 is 0 Å². The first-order valence-corrected chi connectivity index (χ1v) is 6.80. The number of rotatable bonds is 5. The van der Waals surface area contributed by atoms with Crippen molar-refractivity contribution in [1.29, 1.82) is 0 Å². The second-order valence-electron chi connectivity index (χ2n) is 5.13. The Hall–Kier alpha value is -0.0400. The Labute approximate surface area is 128 Å². The molecular weight excluding hydrogens is 341 g/mol. The second-order valence-corrected chi connectivity index (χ2v) is 5.13. The molecule has 0 aromatic heterocycles. The minimum atomic E-state index is 0. The number of nitrogens with two attached hydrogens (primary N) is 1. The Bertz CT molecular complexity index is 246. The monoisotopic (exact) mass is 369 g/mol. The Balaban J connectivity index is 0.00000289. The number of hydrogen-bond donors (Lipinski definition) is 2. The highest BCUT2D eigenvalue weighted by Crippen LogP contribution is 2.26. The van der Waals surface area contributed by atoms with Gasteiger partial charge in [0.15, 0.2) is 5.96 Å². The van der Waals surface area contributed by atoms with Gasteiger partial charge in [-0.25, -0.2) is 0 Å². The highest BCUT2D eigenvalue weighted by Gasteiger charge is 2.28. The van der Waals surface area contributed by atoms with E-state index in [2.05, 4.69) is 31.1 Å². The van der Waals surface area contributed by atoms with Crippen molar-refractivity contribution < 1.29 is 4.74 Å². The molecule has 18 heavy (non-hydrogen) atoms. The molecule has 1 rings (SSSR count). The van der Waals surface area contributed by atoms with Crippen molar-refractivity contribution in [2.45, 2.75) is 46.1 Å². The first-order valence-electron chi connectivity index (χ1n) is 6.80. The summed E-state index contributed by atoms with van der Waals surface area (Å²) in [4.78, 5) is 4.42. The number of nitrogens with one attached hydrogen (secondary N) is 1. The van der Waals surface area contributed by atoms with E-state index >= 15 is 0 Å². The van der Waals surface area contributed by atoms with Gasteiger partial charge in [0.2, 0.25) is 0 Å². The molecule has 0 aliphatic carbocycles. The van der Waals surface area contributed by atoms with Crippen molar-refractivity contribution >= 4 is 29.9 Å². The van der Waals surface area contributed by atoms with Gasteiger partial charge in [0.1, 0.15) is 0 Å². The summed E-state index contributed by atoms with van der Waals surface area (Å²) >= 11 is 0. The van der Waals surface area contributed by atoms with Crippen molar-refractivity contribution in [2.24, 2.45) is 22.6 Å². The van der Waals surface area contributed by atoms with Gasteiger partial charge in [-0.15, -0.1) is 24.0 Å². The molecule has 0 spiro atoms. The van der Waals surface area contributed by atoms with Crippen LogP contribution in [0.15, 0.2) is 4.99 Å². The number of hydrogen-bond acceptors (Lipinski definition) is 2. The summed E-state index contributed by atoms with van der Waals surface area (Å²) < 4.78 is 5.83. The number of ether oxygens (including phenoxy) is 1. The van der Waals surface area contributed by atoms with E-state index in [9.17, 15) is 0 Å². The van der Waals surface area contributed by atoms with Crippen LogP contribution >= 0.6 is 24.0 Å². The van der Waals surface area contributed by atoms with Crippen LogP contribution in [0, 0.1) is 11.8 Å². The third-order valence-electron chi connectivity index (χ3n) is 3.20. The number of halogens is 1. The maximum atomic E-state index is 5.83. The number of aliphatic imine (C=N–C) groups is 1. The highest BCUT2D eigenvalue weighted by atomic mass is 127. The molecule has 108 valence electrons. The fourth-order valence-electron chi connectivity index (χ4n) is 2.32. The van der Waals surface area contributed by atoms with E-state index in [4.69, 9.17) is 10.5 Å². The van der Waals surface area contributed by atoms with Gasteiger partial charge < -0.3 is 15.8 Å². The lowest BCUT2D eigenvalue weighted by molar-refractivity contribution is -0.0491. The average Bonchev–Trinajstić information content (AvgIpc) is 2.34. The lowest BCUT2D eigenvalue weighted by atomic mass is 9.87. The van der Waals surface area contributed by atoms with Gasteiger partial charge in [0, 0.05) is 25.6 Å². The highest BCUT2D eigenvalue weighted by molar-refractivity contribution is 14.0. The van der Waals surface area contributed by atoms with E-state index in [0.29, 0.717) is 23.9 Å². The first kappa shape index (κ1) is 18.0. The predicted octanol–water partition coefficient (Wildman–Crippen LogP) is 2.37. The maximum Gasteiger partial charge on any atom is 0.188 e. The second kappa shape index (κ2) is 9.83. The molecule has 4 nitrogen and oxygen atoms in total. The van der Waals surface area contributed by atoms with E-state index in [1.54, 1.807) is 0 Å². The summed E-state index contributed by atoms with van der Waals surface area (Å²) in [6.07, 6.45) is 3.75. The van der Waals surface area contributed by atoms with Crippen LogP contribution in [0.3, 0.4) is 0 Å². The molecule has 0 aromatic carbocycles. The summed E-state index contributed by atoms with van der Waals surface area (Å²) in [6.45, 7) is 9.11. The zero-order valence-electron chi connectivity index (χ0n) is 11.8. The number of guanidine groups is 1. The summed E-state index contributed by atoms with van der Waals surface area (Å²) in [6, 6.07) is 0. The zero-order valence-corrected chi connectivity index (χ0v) is 14.1. The summed E-state index contributed by atoms with van der Waals surface area (Å²) in [7, 11) is 0. The smallest absolute Gasteiger partial charge is 0.188 e. The summed E-state index contributed by atoms with van der Waals surface area (Å²) in [5, 5.41) is 3.10. The molecule has 1 saturated heterocycles. The van der Waals surface area contributed by atoms with Crippen molar-refractivity contribution in [1.82, 2.24) is 5.32 Å². The molecule has 1 aliphatic rings. The molecule has 1 fully saturated rings. The topological polar surface area (TPSA) is 59.6 Å². The van der Waals surface area contributed by atoms with Crippen LogP contribution in [0.4, 0.5) is 0 Å². The molecule has 2 atom stereocenters. The fraction of sp³-hybridized carbons (Fsp3) is 0.923. The molecule has 1 heterocycles. The van der Waals surface area contributed by atoms with Crippen molar-refractivity contribution in [2.75, 3.05) is 19.7 Å². The Morgan fingerprint density at radius 3 is 2.83 bits per heavy atom. The van der Waals surface area contributed by atoms with Crippen molar-refractivity contribution in [3.63, 3.8) is 0 Å². The van der Waals surface area contributed by atoms with E-state index in [1.807, 2.05) is 0 Å². The van der Waals surface area contributed by atoms with Crippen molar-refractivity contribution in [3.05, 3.63) is 0 Å². The molecule has 0 radical (unpaired) electrons. The van der Waals surface area contributed by atoms with E-state index < -0.39 is 0 Å². The molecule has 2 unspecified atom stereocenters. The summed E-state index contributed by atoms with van der Waals surface area (Å²) in [5.41, 5.74) is 5.80. The fourth-order valence-corrected chi connectivity index (χ4v) is 2.32. The predicted molar refractivity (Wildman–Crippen MR) is 87.5 cm³/mol. The molecule has 0 aromatic rings. The molecule has 3 N–H and O–H groups in total. The van der Waals surface area contributed by atoms with Crippen LogP contribution < -0.4 is 11.1 Å². The third kappa shape index (κ3) is 6.22. The largest absolute Gasteiger partial charge is 0.378 e. The molecular formula is C13H28IN3O. The van der Waals surface area contributed by atoms with E-state index in [-0.39, 0.29) is 24.0 Å². The Kier molecular flexibility index (Phi) is 9.81.